The van der Waals surface area contributed by atoms with Crippen LogP contribution in [0.15, 0.2) is 18.2 Å². The van der Waals surface area contributed by atoms with Crippen LogP contribution in [0.3, 0.4) is 0 Å². The Bertz CT molecular complexity index is 467. The van der Waals surface area contributed by atoms with Gasteiger partial charge >= 0.3 is 0 Å². The number of ether oxygens (including phenoxy) is 2. The first-order chi connectivity index (χ1) is 9.63. The molecule has 0 aliphatic heterocycles. The Morgan fingerprint density at radius 1 is 1.20 bits per heavy atom. The zero-order chi connectivity index (χ0) is 14.5. The number of benzene rings is 1. The number of methoxy groups -OCH3 is 2. The lowest BCUT2D eigenvalue weighted by atomic mass is 9.87. The summed E-state index contributed by atoms with van der Waals surface area (Å²) in [5.41, 5.74) is 0.614. The van der Waals surface area contributed by atoms with E-state index in [-0.39, 0.29) is 17.9 Å². The highest BCUT2D eigenvalue weighted by Gasteiger charge is 2.25. The minimum atomic E-state index is -0.259. The molecule has 5 heteroatoms. The van der Waals surface area contributed by atoms with Crippen molar-refractivity contribution >= 4 is 11.6 Å². The van der Waals surface area contributed by atoms with Gasteiger partial charge in [-0.05, 0) is 37.8 Å². The van der Waals surface area contributed by atoms with E-state index in [1.165, 1.54) is 0 Å². The van der Waals surface area contributed by atoms with Gasteiger partial charge in [-0.3, -0.25) is 4.79 Å². The molecule has 0 heterocycles. The molecule has 1 aromatic carbocycles. The Kier molecular flexibility index (Phi) is 4.84. The van der Waals surface area contributed by atoms with E-state index in [0.29, 0.717) is 30.0 Å². The number of aliphatic hydroxyl groups excluding tert-OH is 1. The SMILES string of the molecule is COc1ccc(OC)c(NC(=O)C2CCC(O)CC2)c1. The number of nitrogens with one attached hydrogen (secondary N) is 1. The lowest BCUT2D eigenvalue weighted by Crippen LogP contribution is -2.28. The number of hydrogen-bond donors (Lipinski definition) is 2. The summed E-state index contributed by atoms with van der Waals surface area (Å²) >= 11 is 0. The van der Waals surface area contributed by atoms with Crippen molar-refractivity contribution in [2.75, 3.05) is 19.5 Å². The van der Waals surface area contributed by atoms with Crippen LogP contribution >= 0.6 is 0 Å². The minimum absolute atomic E-state index is 0.0246. The van der Waals surface area contributed by atoms with E-state index in [1.807, 2.05) is 0 Å². The molecular weight excluding hydrogens is 258 g/mol. The Morgan fingerprint density at radius 2 is 1.90 bits per heavy atom. The third-order valence-electron chi connectivity index (χ3n) is 3.73. The normalized spacial score (nSPS) is 22.1. The van der Waals surface area contributed by atoms with Crippen LogP contribution in [0.25, 0.3) is 0 Å². The number of hydrogen-bond acceptors (Lipinski definition) is 4. The van der Waals surface area contributed by atoms with Gasteiger partial charge < -0.3 is 19.9 Å². The lowest BCUT2D eigenvalue weighted by molar-refractivity contribution is -0.121. The molecule has 20 heavy (non-hydrogen) atoms. The van der Waals surface area contributed by atoms with E-state index in [4.69, 9.17) is 9.47 Å². The highest BCUT2D eigenvalue weighted by atomic mass is 16.5. The molecule has 1 aliphatic carbocycles. The molecule has 0 aromatic heterocycles. The summed E-state index contributed by atoms with van der Waals surface area (Å²) in [5, 5.41) is 12.4. The van der Waals surface area contributed by atoms with Gasteiger partial charge in [0.25, 0.3) is 0 Å². The predicted molar refractivity (Wildman–Crippen MR) is 76.1 cm³/mol. The number of amides is 1. The van der Waals surface area contributed by atoms with E-state index in [2.05, 4.69) is 5.32 Å². The second-order valence-electron chi connectivity index (χ2n) is 5.06. The molecule has 1 aromatic rings. The summed E-state index contributed by atoms with van der Waals surface area (Å²) < 4.78 is 10.4. The molecule has 0 radical (unpaired) electrons. The number of anilines is 1. The molecule has 0 saturated heterocycles. The van der Waals surface area contributed by atoms with E-state index in [1.54, 1.807) is 32.4 Å². The molecule has 5 nitrogen and oxygen atoms in total. The number of aliphatic hydroxyl groups is 1. The maximum Gasteiger partial charge on any atom is 0.227 e. The zero-order valence-corrected chi connectivity index (χ0v) is 11.9. The average molecular weight is 279 g/mol. The molecule has 1 saturated carbocycles. The molecule has 2 N–H and O–H groups in total. The molecule has 1 aliphatic rings. The fourth-order valence-corrected chi connectivity index (χ4v) is 2.48. The Labute approximate surface area is 118 Å². The van der Waals surface area contributed by atoms with Crippen LogP contribution in [-0.2, 0) is 4.79 Å². The maximum absolute atomic E-state index is 12.3. The minimum Gasteiger partial charge on any atom is -0.497 e. The van der Waals surface area contributed by atoms with Gasteiger partial charge in [0.15, 0.2) is 0 Å². The highest BCUT2D eigenvalue weighted by molar-refractivity contribution is 5.94. The van der Waals surface area contributed by atoms with Gasteiger partial charge in [-0.1, -0.05) is 0 Å². The molecular formula is C15H21NO4. The predicted octanol–water partition coefficient (Wildman–Crippen LogP) is 2.19. The molecule has 2 rings (SSSR count). The maximum atomic E-state index is 12.3. The van der Waals surface area contributed by atoms with Crippen LogP contribution < -0.4 is 14.8 Å². The van der Waals surface area contributed by atoms with Crippen molar-refractivity contribution in [3.8, 4) is 11.5 Å². The van der Waals surface area contributed by atoms with Crippen LogP contribution in [0.1, 0.15) is 25.7 Å². The van der Waals surface area contributed by atoms with Gasteiger partial charge in [0.2, 0.25) is 5.91 Å². The van der Waals surface area contributed by atoms with Crippen molar-refractivity contribution in [1.82, 2.24) is 0 Å². The quantitative estimate of drug-likeness (QED) is 0.886. The van der Waals surface area contributed by atoms with Crippen molar-refractivity contribution < 1.29 is 19.4 Å². The van der Waals surface area contributed by atoms with Crippen molar-refractivity contribution in [3.05, 3.63) is 18.2 Å². The fraction of sp³-hybridized carbons (Fsp3) is 0.533. The summed E-state index contributed by atoms with van der Waals surface area (Å²) in [6.45, 7) is 0. The topological polar surface area (TPSA) is 67.8 Å². The summed E-state index contributed by atoms with van der Waals surface area (Å²) in [6, 6.07) is 5.29. The standard InChI is InChI=1S/C15H21NO4/c1-19-12-7-8-14(20-2)13(9-12)16-15(18)10-3-5-11(17)6-4-10/h7-11,17H,3-6H2,1-2H3,(H,16,18). The van der Waals surface area contributed by atoms with E-state index < -0.39 is 0 Å². The highest BCUT2D eigenvalue weighted by Crippen LogP contribution is 2.31. The average Bonchev–Trinajstić information content (AvgIpc) is 2.47. The van der Waals surface area contributed by atoms with Crippen LogP contribution in [0.5, 0.6) is 11.5 Å². The first kappa shape index (κ1) is 14.7. The summed E-state index contributed by atoms with van der Waals surface area (Å²) in [4.78, 5) is 12.3. The van der Waals surface area contributed by atoms with Crippen molar-refractivity contribution in [2.45, 2.75) is 31.8 Å². The first-order valence-corrected chi connectivity index (χ1v) is 6.85. The Balaban J connectivity index is 2.06. The summed E-state index contributed by atoms with van der Waals surface area (Å²) in [5.74, 6) is 1.20. The number of rotatable bonds is 4. The molecule has 0 atom stereocenters. The van der Waals surface area contributed by atoms with E-state index >= 15 is 0 Å². The number of carbonyl (C=O) groups is 1. The Morgan fingerprint density at radius 3 is 2.50 bits per heavy atom. The smallest absolute Gasteiger partial charge is 0.227 e. The monoisotopic (exact) mass is 279 g/mol. The summed E-state index contributed by atoms with van der Waals surface area (Å²) in [6.07, 6.45) is 2.56. The van der Waals surface area contributed by atoms with Crippen molar-refractivity contribution in [1.29, 1.82) is 0 Å². The van der Waals surface area contributed by atoms with Gasteiger partial charge in [0.05, 0.1) is 26.0 Å². The first-order valence-electron chi connectivity index (χ1n) is 6.85. The van der Waals surface area contributed by atoms with Crippen LogP contribution in [0, 0.1) is 5.92 Å². The third-order valence-corrected chi connectivity index (χ3v) is 3.73. The largest absolute Gasteiger partial charge is 0.497 e. The van der Waals surface area contributed by atoms with Gasteiger partial charge in [-0.15, -0.1) is 0 Å². The fourth-order valence-electron chi connectivity index (χ4n) is 2.48. The molecule has 0 unspecified atom stereocenters. The van der Waals surface area contributed by atoms with Crippen LogP contribution in [0.2, 0.25) is 0 Å². The van der Waals surface area contributed by atoms with Gasteiger partial charge in [0, 0.05) is 12.0 Å². The van der Waals surface area contributed by atoms with Crippen LogP contribution in [-0.4, -0.2) is 31.3 Å². The third kappa shape index (κ3) is 3.42. The molecule has 1 fully saturated rings. The Hall–Kier alpha value is -1.75. The summed E-state index contributed by atoms with van der Waals surface area (Å²) in [7, 11) is 3.14. The van der Waals surface area contributed by atoms with E-state index in [9.17, 15) is 9.90 Å². The lowest BCUT2D eigenvalue weighted by Gasteiger charge is -2.24. The number of carbonyl (C=O) groups excluding carboxylic acids is 1. The van der Waals surface area contributed by atoms with Crippen molar-refractivity contribution in [2.24, 2.45) is 5.92 Å². The van der Waals surface area contributed by atoms with Crippen LogP contribution in [0.4, 0.5) is 5.69 Å². The van der Waals surface area contributed by atoms with Gasteiger partial charge in [0.1, 0.15) is 11.5 Å². The zero-order valence-electron chi connectivity index (χ0n) is 11.9. The molecule has 0 spiro atoms. The van der Waals surface area contributed by atoms with Gasteiger partial charge in [-0.2, -0.15) is 0 Å². The molecule has 0 bridgehead atoms. The molecule has 1 amide bonds. The van der Waals surface area contributed by atoms with E-state index in [0.717, 1.165) is 12.8 Å². The van der Waals surface area contributed by atoms with Gasteiger partial charge in [-0.25, -0.2) is 0 Å². The second-order valence-corrected chi connectivity index (χ2v) is 5.06. The van der Waals surface area contributed by atoms with Crippen molar-refractivity contribution in [3.63, 3.8) is 0 Å². The second kappa shape index (κ2) is 6.61. The molecule has 110 valence electrons.